The number of hydrazine groups is 1. The van der Waals surface area contributed by atoms with Crippen molar-refractivity contribution in [1.29, 1.82) is 0 Å². The number of carbonyl (C=O) groups excluding carboxylic acids is 3. The third kappa shape index (κ3) is 5.63. The highest BCUT2D eigenvalue weighted by Gasteiger charge is 2.50. The number of rotatable bonds is 8. The van der Waals surface area contributed by atoms with Crippen LogP contribution >= 0.6 is 11.3 Å². The largest absolute Gasteiger partial charge is 0.481 e. The number of carboxylic acids is 1. The summed E-state index contributed by atoms with van der Waals surface area (Å²) in [5.74, 6) is -1.61. The van der Waals surface area contributed by atoms with E-state index in [-0.39, 0.29) is 43.8 Å². The van der Waals surface area contributed by atoms with Crippen molar-refractivity contribution in [2.75, 3.05) is 26.7 Å². The van der Waals surface area contributed by atoms with Crippen LogP contribution in [0.25, 0.3) is 0 Å². The summed E-state index contributed by atoms with van der Waals surface area (Å²) in [5.41, 5.74) is 0.934. The number of carbonyl (C=O) groups is 4. The molecule has 0 spiro atoms. The summed E-state index contributed by atoms with van der Waals surface area (Å²) in [6.45, 7) is 0.808. The van der Waals surface area contributed by atoms with Crippen LogP contribution in [-0.4, -0.2) is 87.6 Å². The molecule has 10 nitrogen and oxygen atoms in total. The topological polar surface area (TPSA) is 114 Å². The number of nitrogens with zero attached hydrogens (tertiary/aromatic N) is 4. The Hall–Kier alpha value is -3.44. The predicted molar refractivity (Wildman–Crippen MR) is 129 cm³/mol. The molecule has 11 heteroatoms. The van der Waals surface area contributed by atoms with E-state index in [0.29, 0.717) is 19.5 Å². The van der Waals surface area contributed by atoms with E-state index in [1.165, 1.54) is 9.91 Å². The highest BCUT2D eigenvalue weighted by Crippen LogP contribution is 2.28. The van der Waals surface area contributed by atoms with Crippen LogP contribution in [0.2, 0.25) is 0 Å². The van der Waals surface area contributed by atoms with E-state index in [9.17, 15) is 24.3 Å². The molecular weight excluding hydrogens is 470 g/mol. The van der Waals surface area contributed by atoms with Gasteiger partial charge in [-0.25, -0.2) is 14.8 Å². The van der Waals surface area contributed by atoms with Crippen molar-refractivity contribution >= 4 is 35.2 Å². The van der Waals surface area contributed by atoms with Gasteiger partial charge in [0.25, 0.3) is 0 Å². The normalized spacial score (nSPS) is 20.7. The average molecular weight is 500 g/mol. The summed E-state index contributed by atoms with van der Waals surface area (Å²) < 4.78 is 0. The SMILES string of the molecule is CN1CC(=O)N2[C@@H](CCC(=O)O)C(=O)N(CCc3cccs3)C[C@@H]2N1C(=O)NCc1ccccc1. The zero-order valence-electron chi connectivity index (χ0n) is 19.5. The van der Waals surface area contributed by atoms with Crippen molar-refractivity contribution < 1.29 is 24.3 Å². The monoisotopic (exact) mass is 499 g/mol. The predicted octanol–water partition coefficient (Wildman–Crippen LogP) is 1.59. The lowest BCUT2D eigenvalue weighted by Crippen LogP contribution is -2.76. The molecule has 3 heterocycles. The van der Waals surface area contributed by atoms with Crippen molar-refractivity contribution in [3.63, 3.8) is 0 Å². The molecule has 2 aromatic rings. The summed E-state index contributed by atoms with van der Waals surface area (Å²) in [6, 6.07) is 12.1. The van der Waals surface area contributed by atoms with Crippen LogP contribution in [0.4, 0.5) is 4.79 Å². The second-order valence-electron chi connectivity index (χ2n) is 8.65. The molecule has 2 atom stereocenters. The van der Waals surface area contributed by atoms with Gasteiger partial charge in [-0.15, -0.1) is 11.3 Å². The average Bonchev–Trinajstić information content (AvgIpc) is 3.35. The summed E-state index contributed by atoms with van der Waals surface area (Å²) in [5, 5.41) is 17.1. The van der Waals surface area contributed by atoms with Crippen LogP contribution in [0.1, 0.15) is 23.3 Å². The Balaban J connectivity index is 1.57. The zero-order valence-corrected chi connectivity index (χ0v) is 20.3. The van der Waals surface area contributed by atoms with Gasteiger partial charge in [0.15, 0.2) is 0 Å². The number of urea groups is 1. The number of hydrogen-bond acceptors (Lipinski definition) is 6. The number of aliphatic carboxylic acids is 1. The van der Waals surface area contributed by atoms with Crippen molar-refractivity contribution in [3.8, 4) is 0 Å². The van der Waals surface area contributed by atoms with Gasteiger partial charge in [0.1, 0.15) is 12.2 Å². The molecule has 1 aromatic heterocycles. The molecule has 1 aromatic carbocycles. The molecular formula is C24H29N5O5S. The van der Waals surface area contributed by atoms with Crippen LogP contribution in [0.15, 0.2) is 47.8 Å². The van der Waals surface area contributed by atoms with Gasteiger partial charge in [0, 0.05) is 31.4 Å². The van der Waals surface area contributed by atoms with Gasteiger partial charge in [-0.05, 0) is 29.9 Å². The highest BCUT2D eigenvalue weighted by atomic mass is 32.1. The molecule has 2 fully saturated rings. The van der Waals surface area contributed by atoms with Gasteiger partial charge < -0.3 is 20.2 Å². The van der Waals surface area contributed by atoms with E-state index < -0.39 is 18.2 Å². The molecule has 4 rings (SSSR count). The molecule has 35 heavy (non-hydrogen) atoms. The quantitative estimate of drug-likeness (QED) is 0.570. The summed E-state index contributed by atoms with van der Waals surface area (Å²) >= 11 is 1.60. The van der Waals surface area contributed by atoms with Crippen LogP contribution in [0, 0.1) is 0 Å². The number of likely N-dealkylation sites (N-methyl/N-ethyl adjacent to an activating group) is 1. The minimum Gasteiger partial charge on any atom is -0.481 e. The van der Waals surface area contributed by atoms with Crippen molar-refractivity contribution in [1.82, 2.24) is 25.1 Å². The fourth-order valence-electron chi connectivity index (χ4n) is 4.60. The van der Waals surface area contributed by atoms with Crippen molar-refractivity contribution in [3.05, 3.63) is 58.3 Å². The standard InChI is InChI=1S/C24H29N5O5S/c1-26-16-21(30)28-19(9-10-22(31)32)23(33)27(12-11-18-8-5-13-35-18)15-20(28)29(26)24(34)25-14-17-6-3-2-4-7-17/h2-8,13,19-20H,9-12,14-16H2,1H3,(H,25,34)(H,31,32)/t19-,20-/m0/s1. The molecule has 0 unspecified atom stereocenters. The Labute approximate surface area is 207 Å². The van der Waals surface area contributed by atoms with Crippen LogP contribution in [0.3, 0.4) is 0 Å². The summed E-state index contributed by atoms with van der Waals surface area (Å²) in [6.07, 6.45) is -0.334. The van der Waals surface area contributed by atoms with Crippen LogP contribution < -0.4 is 5.32 Å². The minimum atomic E-state index is -1.04. The Morgan fingerprint density at radius 1 is 1.14 bits per heavy atom. The number of nitrogens with one attached hydrogen (secondary N) is 1. The van der Waals surface area contributed by atoms with E-state index >= 15 is 0 Å². The third-order valence-corrected chi connectivity index (χ3v) is 7.21. The Bertz CT molecular complexity index is 1060. The first-order valence-electron chi connectivity index (χ1n) is 11.5. The molecule has 2 aliphatic rings. The number of hydrogen-bond donors (Lipinski definition) is 2. The molecule has 0 bridgehead atoms. The molecule has 2 N–H and O–H groups in total. The van der Waals surface area contributed by atoms with Gasteiger partial charge in [-0.1, -0.05) is 36.4 Å². The Kier molecular flexibility index (Phi) is 7.67. The number of benzene rings is 1. The number of carboxylic acid groups (broad SMARTS) is 1. The molecule has 186 valence electrons. The third-order valence-electron chi connectivity index (χ3n) is 6.27. The smallest absolute Gasteiger partial charge is 0.334 e. The fraction of sp³-hybridized carbons (Fsp3) is 0.417. The lowest BCUT2D eigenvalue weighted by atomic mass is 10.0. The lowest BCUT2D eigenvalue weighted by molar-refractivity contribution is -0.187. The molecule has 0 radical (unpaired) electrons. The number of fused-ring (bicyclic) bond motifs is 1. The van der Waals surface area contributed by atoms with Gasteiger partial charge in [-0.3, -0.25) is 14.4 Å². The van der Waals surface area contributed by atoms with E-state index in [4.69, 9.17) is 0 Å². The Morgan fingerprint density at radius 3 is 2.60 bits per heavy atom. The second kappa shape index (κ2) is 10.9. The Morgan fingerprint density at radius 2 is 1.91 bits per heavy atom. The first kappa shape index (κ1) is 24.7. The van der Waals surface area contributed by atoms with Gasteiger partial charge in [0.2, 0.25) is 11.8 Å². The molecule has 2 saturated heterocycles. The van der Waals surface area contributed by atoms with Gasteiger partial charge >= 0.3 is 12.0 Å². The number of piperazine rings is 1. The molecule has 2 aliphatic heterocycles. The maximum absolute atomic E-state index is 13.4. The van der Waals surface area contributed by atoms with Crippen molar-refractivity contribution in [2.24, 2.45) is 0 Å². The van der Waals surface area contributed by atoms with E-state index in [2.05, 4.69) is 5.32 Å². The number of amides is 4. The van der Waals surface area contributed by atoms with E-state index in [1.54, 1.807) is 28.3 Å². The van der Waals surface area contributed by atoms with E-state index in [1.807, 2.05) is 47.8 Å². The van der Waals surface area contributed by atoms with Crippen LogP contribution in [-0.2, 0) is 27.3 Å². The fourth-order valence-corrected chi connectivity index (χ4v) is 5.30. The van der Waals surface area contributed by atoms with E-state index in [0.717, 1.165) is 10.4 Å². The summed E-state index contributed by atoms with van der Waals surface area (Å²) in [7, 11) is 1.66. The zero-order chi connectivity index (χ0) is 24.9. The maximum atomic E-state index is 13.4. The first-order valence-corrected chi connectivity index (χ1v) is 12.4. The molecule has 0 saturated carbocycles. The second-order valence-corrected chi connectivity index (χ2v) is 9.68. The van der Waals surface area contributed by atoms with Crippen LogP contribution in [0.5, 0.6) is 0 Å². The summed E-state index contributed by atoms with van der Waals surface area (Å²) in [4.78, 5) is 55.2. The molecule has 4 amide bonds. The first-order chi connectivity index (χ1) is 16.8. The molecule has 0 aliphatic carbocycles. The maximum Gasteiger partial charge on any atom is 0.334 e. The minimum absolute atomic E-state index is 0.00486. The lowest BCUT2D eigenvalue weighted by Gasteiger charge is -2.54. The van der Waals surface area contributed by atoms with Crippen molar-refractivity contribution in [2.45, 2.75) is 38.0 Å². The number of thiophene rings is 1. The van der Waals surface area contributed by atoms with Gasteiger partial charge in [0.05, 0.1) is 13.1 Å². The highest BCUT2D eigenvalue weighted by molar-refractivity contribution is 7.09. The van der Waals surface area contributed by atoms with Gasteiger partial charge in [-0.2, -0.15) is 0 Å².